The highest BCUT2D eigenvalue weighted by molar-refractivity contribution is 5.35. The predicted octanol–water partition coefficient (Wildman–Crippen LogP) is -2.58. The summed E-state index contributed by atoms with van der Waals surface area (Å²) in [4.78, 5) is 14.3. The van der Waals surface area contributed by atoms with Gasteiger partial charge >= 0.3 is 0 Å². The zero-order valence-electron chi connectivity index (χ0n) is 15.3. The number of nitrogens with zero attached hydrogens (tertiary/aromatic N) is 5. The first-order valence-corrected chi connectivity index (χ1v) is 8.92. The lowest BCUT2D eigenvalue weighted by Gasteiger charge is -2.24. The third-order valence-corrected chi connectivity index (χ3v) is 4.89. The summed E-state index contributed by atoms with van der Waals surface area (Å²) >= 11 is 0. The molecule has 0 bridgehead atoms. The number of aromatic nitrogens is 2. The number of hydroxylamine groups is 2. The Hall–Kier alpha value is -3.01. The van der Waals surface area contributed by atoms with E-state index in [1.165, 1.54) is 16.0 Å². The molecule has 4 rings (SSSR count). The molecule has 0 unspecified atom stereocenters. The van der Waals surface area contributed by atoms with Crippen molar-refractivity contribution in [2.24, 2.45) is 10.7 Å². The number of hydrogen-bond acceptors (Lipinski definition) is 10. The zero-order valence-corrected chi connectivity index (χ0v) is 15.3. The predicted molar refractivity (Wildman–Crippen MR) is 96.3 cm³/mol. The molecule has 1 saturated heterocycles. The van der Waals surface area contributed by atoms with E-state index in [0.29, 0.717) is 16.4 Å². The molecular formula is C18H20N6O5. The van der Waals surface area contributed by atoms with Crippen molar-refractivity contribution in [3.8, 4) is 6.07 Å². The highest BCUT2D eigenvalue weighted by atomic mass is 16.7. The lowest BCUT2D eigenvalue weighted by Crippen LogP contribution is -2.47. The van der Waals surface area contributed by atoms with Gasteiger partial charge in [0.15, 0.2) is 17.5 Å². The van der Waals surface area contributed by atoms with Crippen molar-refractivity contribution in [1.82, 2.24) is 14.6 Å². The number of aliphatic hydroxyl groups is 3. The van der Waals surface area contributed by atoms with Crippen LogP contribution in [-0.4, -0.2) is 61.5 Å². The number of benzene rings is 1. The van der Waals surface area contributed by atoms with Gasteiger partial charge in [-0.2, -0.15) is 5.26 Å². The third kappa shape index (κ3) is 3.44. The summed E-state index contributed by atoms with van der Waals surface area (Å²) in [6, 6.07) is 9.04. The SMILES string of the molecule is N#Cc1ccc(CON2CN=c3c(ncn3[C@@H]3O[C@H](CO)[C@@H](O)[C@H]3O)=C2N)cc1. The Morgan fingerprint density at radius 2 is 2.03 bits per heavy atom. The van der Waals surface area contributed by atoms with E-state index < -0.39 is 31.1 Å². The van der Waals surface area contributed by atoms with Crippen LogP contribution in [-0.2, 0) is 16.2 Å². The Morgan fingerprint density at radius 3 is 2.69 bits per heavy atom. The van der Waals surface area contributed by atoms with Gasteiger partial charge in [-0.3, -0.25) is 9.40 Å². The fraction of sp³-hybridized carbons (Fsp3) is 0.389. The number of aliphatic hydroxyl groups excluding tert-OH is 3. The fourth-order valence-corrected chi connectivity index (χ4v) is 3.25. The Morgan fingerprint density at radius 1 is 1.28 bits per heavy atom. The summed E-state index contributed by atoms with van der Waals surface area (Å²) in [5.74, 6) is 0.245. The normalized spacial score (nSPS) is 26.1. The first-order chi connectivity index (χ1) is 14.0. The Kier molecular flexibility index (Phi) is 5.18. The molecule has 0 radical (unpaired) electrons. The number of nitriles is 1. The third-order valence-electron chi connectivity index (χ3n) is 4.89. The van der Waals surface area contributed by atoms with Crippen LogP contribution in [0.3, 0.4) is 0 Å². The van der Waals surface area contributed by atoms with E-state index in [9.17, 15) is 15.3 Å². The van der Waals surface area contributed by atoms with Crippen molar-refractivity contribution in [2.75, 3.05) is 13.3 Å². The molecule has 29 heavy (non-hydrogen) atoms. The maximum absolute atomic E-state index is 10.2. The van der Waals surface area contributed by atoms with E-state index >= 15 is 0 Å². The summed E-state index contributed by atoms with van der Waals surface area (Å²) in [6.07, 6.45) is -2.90. The molecule has 2 aromatic rings. The molecule has 4 atom stereocenters. The van der Waals surface area contributed by atoms with E-state index in [-0.39, 0.29) is 19.1 Å². The van der Waals surface area contributed by atoms with Crippen molar-refractivity contribution >= 4 is 5.82 Å². The topological polar surface area (TPSA) is 162 Å². The molecule has 0 saturated carbocycles. The Bertz CT molecular complexity index is 1050. The van der Waals surface area contributed by atoms with Crippen LogP contribution in [0.4, 0.5) is 0 Å². The lowest BCUT2D eigenvalue weighted by atomic mass is 10.1. The van der Waals surface area contributed by atoms with Crippen LogP contribution in [0.15, 0.2) is 35.6 Å². The average molecular weight is 400 g/mol. The molecule has 3 heterocycles. The number of ether oxygens (including phenoxy) is 1. The first kappa shape index (κ1) is 19.3. The summed E-state index contributed by atoms with van der Waals surface area (Å²) in [7, 11) is 0. The number of imidazole rings is 1. The average Bonchev–Trinajstić information content (AvgIpc) is 3.29. The van der Waals surface area contributed by atoms with E-state index in [1.54, 1.807) is 24.3 Å². The smallest absolute Gasteiger partial charge is 0.165 e. The molecule has 0 aliphatic carbocycles. The van der Waals surface area contributed by atoms with Crippen LogP contribution in [0.2, 0.25) is 0 Å². The van der Waals surface area contributed by atoms with Crippen molar-refractivity contribution in [2.45, 2.75) is 31.1 Å². The van der Waals surface area contributed by atoms with Gasteiger partial charge in [-0.05, 0) is 17.7 Å². The van der Waals surface area contributed by atoms with E-state index in [4.69, 9.17) is 20.6 Å². The van der Waals surface area contributed by atoms with E-state index in [1.807, 2.05) is 0 Å². The molecule has 2 aliphatic rings. The van der Waals surface area contributed by atoms with Gasteiger partial charge in [-0.25, -0.2) is 15.0 Å². The zero-order chi connectivity index (χ0) is 20.5. The monoisotopic (exact) mass is 400 g/mol. The van der Waals surface area contributed by atoms with Gasteiger partial charge in [0.05, 0.1) is 24.6 Å². The molecule has 1 fully saturated rings. The van der Waals surface area contributed by atoms with Crippen LogP contribution in [0, 0.1) is 11.3 Å². The highest BCUT2D eigenvalue weighted by Gasteiger charge is 2.43. The minimum atomic E-state index is -1.24. The second-order valence-corrected chi connectivity index (χ2v) is 6.70. The molecule has 11 nitrogen and oxygen atoms in total. The van der Waals surface area contributed by atoms with Gasteiger partial charge in [0.2, 0.25) is 0 Å². The fourth-order valence-electron chi connectivity index (χ4n) is 3.25. The quantitative estimate of drug-likeness (QED) is 0.422. The van der Waals surface area contributed by atoms with Gasteiger partial charge in [0, 0.05) is 0 Å². The molecule has 5 N–H and O–H groups in total. The molecule has 1 aromatic carbocycles. The van der Waals surface area contributed by atoms with E-state index in [2.05, 4.69) is 16.0 Å². The van der Waals surface area contributed by atoms with Crippen molar-refractivity contribution in [1.29, 1.82) is 5.26 Å². The van der Waals surface area contributed by atoms with Gasteiger partial charge in [-0.1, -0.05) is 12.1 Å². The second kappa shape index (κ2) is 7.78. The van der Waals surface area contributed by atoms with Crippen LogP contribution in [0.1, 0.15) is 17.4 Å². The van der Waals surface area contributed by atoms with Gasteiger partial charge < -0.3 is 25.8 Å². The molecule has 0 spiro atoms. The summed E-state index contributed by atoms with van der Waals surface area (Å²) in [5.41, 5.74) is 7.98. The van der Waals surface area contributed by atoms with Gasteiger partial charge in [-0.15, -0.1) is 0 Å². The number of fused-ring (bicyclic) bond motifs is 1. The standard InChI is InChI=1S/C18H20N6O5/c19-5-10-1-3-11(4-2-10)7-28-24-9-22-17-13(16(24)20)21-8-23(17)18-15(27)14(26)12(6-25)29-18/h1-4,8,12,14-15,18,25-27H,6-7,9,20H2/t12-,14-,15-,18-/m1/s1. The summed E-state index contributed by atoms with van der Waals surface area (Å²) in [6.45, 7) is -0.101. The van der Waals surface area contributed by atoms with Crippen LogP contribution in [0.25, 0.3) is 5.82 Å². The van der Waals surface area contributed by atoms with Crippen LogP contribution >= 0.6 is 0 Å². The van der Waals surface area contributed by atoms with E-state index in [0.717, 1.165) is 5.56 Å². The Labute approximate surface area is 165 Å². The molecule has 1 aromatic heterocycles. The molecule has 2 aliphatic heterocycles. The minimum absolute atomic E-state index is 0.0929. The number of nitrogens with two attached hydrogens (primary N) is 1. The Balaban J connectivity index is 1.53. The van der Waals surface area contributed by atoms with Gasteiger partial charge in [0.25, 0.3) is 0 Å². The summed E-state index contributed by atoms with van der Waals surface area (Å²) in [5, 5.41) is 40.1. The molecule has 11 heteroatoms. The molecular weight excluding hydrogens is 380 g/mol. The van der Waals surface area contributed by atoms with Crippen molar-refractivity contribution in [3.63, 3.8) is 0 Å². The largest absolute Gasteiger partial charge is 0.394 e. The summed E-state index contributed by atoms with van der Waals surface area (Å²) < 4.78 is 7.00. The number of rotatable bonds is 5. The first-order valence-electron chi connectivity index (χ1n) is 8.92. The highest BCUT2D eigenvalue weighted by Crippen LogP contribution is 2.27. The van der Waals surface area contributed by atoms with Crippen LogP contribution in [0.5, 0.6) is 0 Å². The van der Waals surface area contributed by atoms with Crippen LogP contribution < -0.4 is 16.6 Å². The lowest BCUT2D eigenvalue weighted by molar-refractivity contribution is -0.124. The second-order valence-electron chi connectivity index (χ2n) is 6.70. The van der Waals surface area contributed by atoms with Crippen molar-refractivity contribution in [3.05, 3.63) is 52.6 Å². The number of hydrogen-bond donors (Lipinski definition) is 4. The maximum Gasteiger partial charge on any atom is 0.165 e. The molecule has 152 valence electrons. The van der Waals surface area contributed by atoms with Gasteiger partial charge in [0.1, 0.15) is 36.9 Å². The van der Waals surface area contributed by atoms with Crippen molar-refractivity contribution < 1.29 is 24.9 Å². The minimum Gasteiger partial charge on any atom is -0.394 e. The molecule has 0 amide bonds. The maximum atomic E-state index is 10.2.